The van der Waals surface area contributed by atoms with E-state index in [1.807, 2.05) is 0 Å². The second-order valence-corrected chi connectivity index (χ2v) is 12.3. The van der Waals surface area contributed by atoms with E-state index < -0.39 is 30.9 Å². The highest BCUT2D eigenvalue weighted by Crippen LogP contribution is 2.19. The van der Waals surface area contributed by atoms with Crippen molar-refractivity contribution < 1.29 is 49.9 Å². The van der Waals surface area contributed by atoms with Crippen LogP contribution in [0.15, 0.2) is 0 Å². The quantitative estimate of drug-likeness (QED) is 0.241. The minimum Gasteiger partial charge on any atom is -0.412 e. The minimum atomic E-state index is -3.97. The molecule has 0 amide bonds. The number of rotatable bonds is 6. The second kappa shape index (κ2) is 17.9. The van der Waals surface area contributed by atoms with Crippen LogP contribution in [0.2, 0.25) is 0 Å². The van der Waals surface area contributed by atoms with Crippen LogP contribution in [0.3, 0.4) is 0 Å². The molecule has 0 spiro atoms. The zero-order chi connectivity index (χ0) is 25.0. The molecule has 0 bridgehead atoms. The summed E-state index contributed by atoms with van der Waals surface area (Å²) in [5.74, 6) is 0. The predicted octanol–water partition coefficient (Wildman–Crippen LogP) is 0.485. The lowest BCUT2D eigenvalue weighted by atomic mass is 9.96. The zero-order valence-electron chi connectivity index (χ0n) is 19.9. The molecule has 3 fully saturated rings. The molecule has 214 valence electrons. The lowest BCUT2D eigenvalue weighted by Crippen LogP contribution is -2.35. The van der Waals surface area contributed by atoms with Gasteiger partial charge in [0.2, 0.25) is 0 Å². The predicted molar refractivity (Wildman–Crippen MR) is 132 cm³/mol. The lowest BCUT2D eigenvalue weighted by molar-refractivity contribution is 0.388. The van der Waals surface area contributed by atoms with Crippen LogP contribution in [0, 0.1) is 0 Å². The smallest absolute Gasteiger partial charge is 0.333 e. The summed E-state index contributed by atoms with van der Waals surface area (Å²) in [4.78, 5) is 0. The third-order valence-corrected chi connectivity index (χ3v) is 7.66. The van der Waals surface area contributed by atoms with Crippen molar-refractivity contribution in [2.45, 2.75) is 114 Å². The van der Waals surface area contributed by atoms with Crippen LogP contribution in [0.4, 0.5) is 0 Å². The Hall–Kier alpha value is -0.470. The van der Waals surface area contributed by atoms with Crippen molar-refractivity contribution >= 4 is 30.9 Å². The van der Waals surface area contributed by atoms with Gasteiger partial charge in [0.25, 0.3) is 0 Å². The summed E-state index contributed by atoms with van der Waals surface area (Å²) in [7, 11) is -11.9. The van der Waals surface area contributed by atoms with Gasteiger partial charge in [0, 0.05) is 18.1 Å². The largest absolute Gasteiger partial charge is 0.412 e. The van der Waals surface area contributed by atoms with Gasteiger partial charge in [-0.25, -0.2) is 0 Å². The summed E-state index contributed by atoms with van der Waals surface area (Å²) in [5.41, 5.74) is 0. The fourth-order valence-electron chi connectivity index (χ4n) is 4.29. The van der Waals surface area contributed by atoms with E-state index in [4.69, 9.17) is 13.7 Å². The fraction of sp³-hybridized carbons (Fsp3) is 1.00. The summed E-state index contributed by atoms with van der Waals surface area (Å²) in [6, 6.07) is -0.128. The van der Waals surface area contributed by atoms with E-state index in [1.165, 1.54) is 19.3 Å². The van der Waals surface area contributed by atoms with E-state index >= 15 is 0 Å². The van der Waals surface area contributed by atoms with Gasteiger partial charge < -0.3 is 11.0 Å². The lowest BCUT2D eigenvalue weighted by Gasteiger charge is -2.20. The van der Waals surface area contributed by atoms with E-state index in [2.05, 4.69) is 14.2 Å². The molecule has 17 heteroatoms. The summed E-state index contributed by atoms with van der Waals surface area (Å²) in [5, 5.41) is 0. The Labute approximate surface area is 209 Å². The van der Waals surface area contributed by atoms with E-state index in [9.17, 15) is 25.3 Å². The highest BCUT2D eigenvalue weighted by molar-refractivity contribution is 7.84. The maximum absolute atomic E-state index is 10.3. The highest BCUT2D eigenvalue weighted by atomic mass is 32.2. The number of hydrogen-bond acceptors (Lipinski definition) is 6. The van der Waals surface area contributed by atoms with Crippen LogP contribution >= 0.6 is 0 Å². The van der Waals surface area contributed by atoms with Crippen LogP contribution < -0.4 is 14.2 Å². The molecule has 3 rings (SSSR count). The van der Waals surface area contributed by atoms with Gasteiger partial charge in [-0.15, -0.1) is 0 Å². The molecule has 3 aliphatic carbocycles. The van der Waals surface area contributed by atoms with Gasteiger partial charge in [0.05, 0.1) is 0 Å². The fourth-order valence-corrected chi connectivity index (χ4v) is 6.26. The van der Waals surface area contributed by atoms with E-state index in [1.54, 1.807) is 0 Å². The summed E-state index contributed by atoms with van der Waals surface area (Å²) >= 11 is 0. The molecule has 3 saturated carbocycles. The molecule has 0 radical (unpaired) electrons. The molecular weight excluding hydrogens is 530 g/mol. The third-order valence-electron chi connectivity index (χ3n) is 5.76. The Morgan fingerprint density at radius 3 is 0.714 bits per heavy atom. The average molecular weight is 574 g/mol. The first-order valence-corrected chi connectivity index (χ1v) is 15.8. The van der Waals surface area contributed by atoms with E-state index in [0.717, 1.165) is 77.0 Å². The first-order chi connectivity index (χ1) is 15.2. The molecule has 0 unspecified atom stereocenters. The monoisotopic (exact) mass is 573 g/mol. The summed E-state index contributed by atoms with van der Waals surface area (Å²) < 4.78 is 93.9. The first kappa shape index (κ1) is 36.7. The second-order valence-electron chi connectivity index (χ2n) is 8.78. The highest BCUT2D eigenvalue weighted by Gasteiger charge is 2.19. The van der Waals surface area contributed by atoms with Gasteiger partial charge in [-0.2, -0.15) is 39.4 Å². The maximum atomic E-state index is 10.3. The van der Waals surface area contributed by atoms with Crippen molar-refractivity contribution in [1.29, 1.82) is 0 Å². The standard InChI is InChI=1S/3C6H13NO3S.2H2O/c3*8-11(9,10)7-6-4-2-1-3-5-6;;/h3*6-7H,1-5H2,(H,8,9,10);2*1H2. The first-order valence-electron chi connectivity index (χ1n) is 11.5. The van der Waals surface area contributed by atoms with Gasteiger partial charge in [0.15, 0.2) is 0 Å². The zero-order valence-corrected chi connectivity index (χ0v) is 22.3. The molecule has 0 aromatic rings. The molecule has 14 nitrogen and oxygen atoms in total. The minimum absolute atomic E-state index is 0. The third kappa shape index (κ3) is 22.5. The van der Waals surface area contributed by atoms with Gasteiger partial charge in [-0.05, 0) is 38.5 Å². The normalized spacial score (nSPS) is 20.7. The molecule has 0 heterocycles. The summed E-state index contributed by atoms with van der Waals surface area (Å²) in [6.07, 6.45) is 14.9. The van der Waals surface area contributed by atoms with Gasteiger partial charge in [0.1, 0.15) is 0 Å². The van der Waals surface area contributed by atoms with E-state index in [-0.39, 0.29) is 29.1 Å². The molecule has 0 saturated heterocycles. The number of hydrogen-bond donors (Lipinski definition) is 6. The molecule has 0 atom stereocenters. The van der Waals surface area contributed by atoms with Crippen molar-refractivity contribution in [3.05, 3.63) is 0 Å². The van der Waals surface area contributed by atoms with Crippen molar-refractivity contribution in [2.24, 2.45) is 0 Å². The SMILES string of the molecule is O.O.O=S(=O)(O)NC1CCCCC1.O=S(=O)(O)NC1CCCCC1.O=S(=O)(O)NC1CCCCC1. The van der Waals surface area contributed by atoms with Crippen LogP contribution in [0.25, 0.3) is 0 Å². The van der Waals surface area contributed by atoms with Crippen LogP contribution in [-0.4, -0.2) is 68.0 Å². The van der Waals surface area contributed by atoms with Crippen molar-refractivity contribution in [2.75, 3.05) is 0 Å². The van der Waals surface area contributed by atoms with Crippen LogP contribution in [-0.2, 0) is 30.9 Å². The van der Waals surface area contributed by atoms with Crippen LogP contribution in [0.1, 0.15) is 96.3 Å². The van der Waals surface area contributed by atoms with Crippen molar-refractivity contribution in [3.63, 3.8) is 0 Å². The average Bonchev–Trinajstić information content (AvgIpc) is 2.67. The molecule has 0 aromatic heterocycles. The Morgan fingerprint density at radius 1 is 0.400 bits per heavy atom. The number of nitrogens with one attached hydrogen (secondary N) is 3. The van der Waals surface area contributed by atoms with Crippen molar-refractivity contribution in [3.8, 4) is 0 Å². The van der Waals surface area contributed by atoms with Crippen LogP contribution in [0.5, 0.6) is 0 Å². The molecule has 0 aliphatic heterocycles. The van der Waals surface area contributed by atoms with Gasteiger partial charge >= 0.3 is 30.9 Å². The van der Waals surface area contributed by atoms with Crippen molar-refractivity contribution in [1.82, 2.24) is 14.2 Å². The Balaban J connectivity index is 0. The van der Waals surface area contributed by atoms with Gasteiger partial charge in [-0.3, -0.25) is 13.7 Å². The molecule has 35 heavy (non-hydrogen) atoms. The molecular formula is C18H43N3O11S3. The molecule has 10 N–H and O–H groups in total. The Morgan fingerprint density at radius 2 is 0.571 bits per heavy atom. The Bertz CT molecular complexity index is 735. The van der Waals surface area contributed by atoms with Gasteiger partial charge in [-0.1, -0.05) is 57.8 Å². The Kier molecular flexibility index (Phi) is 18.8. The van der Waals surface area contributed by atoms with E-state index in [0.29, 0.717) is 0 Å². The maximum Gasteiger partial charge on any atom is 0.333 e. The molecule has 3 aliphatic rings. The topological polar surface area (TPSA) is 262 Å². The summed E-state index contributed by atoms with van der Waals surface area (Å²) in [6.45, 7) is 0. The molecule has 0 aromatic carbocycles.